The van der Waals surface area contributed by atoms with Gasteiger partial charge in [-0.05, 0) is 99.1 Å². The van der Waals surface area contributed by atoms with E-state index in [9.17, 15) is 24.6 Å². The Hall–Kier alpha value is -4.95. The van der Waals surface area contributed by atoms with E-state index in [1.54, 1.807) is 30.5 Å². The van der Waals surface area contributed by atoms with Crippen LogP contribution < -0.4 is 27.0 Å². The van der Waals surface area contributed by atoms with Gasteiger partial charge in [-0.3, -0.25) is 14.4 Å². The van der Waals surface area contributed by atoms with Crippen LogP contribution in [0.4, 0.5) is 17.5 Å². The molecular weight excluding hydrogens is 699 g/mol. The van der Waals surface area contributed by atoms with E-state index in [1.165, 1.54) is 0 Å². The van der Waals surface area contributed by atoms with Gasteiger partial charge in [0.15, 0.2) is 28.4 Å². The summed E-state index contributed by atoms with van der Waals surface area (Å²) in [4.78, 5) is 57.7. The molecule has 14 heteroatoms. The standard InChI is InChI=1S/C41H53N9O5/c1-23-18-30-29-13-10-25-19-28(51)14-15-39(25,2)32(29)31(52)20-40(30,3)41(23,55)37(54)45-17-7-5-6-16-44-36(53)24-8-11-27(12-9-24)50(4)22-26-21-46-35-33(47-26)34(42)48-38(43)49-35/h8-9,11-12,14-15,19,21,23,29-32,52,55H,5-7,10,13,16-18,20,22H2,1-4H3,(H,44,53)(H,45,54)(H4,42,43,46,48,49)/t23-,29?,30?,31?,32?,39+,40+,41+/m1/s1. The van der Waals surface area contributed by atoms with Gasteiger partial charge in [-0.2, -0.15) is 9.97 Å². The number of anilines is 3. The van der Waals surface area contributed by atoms with Gasteiger partial charge in [0.25, 0.3) is 11.8 Å². The topological polar surface area (TPSA) is 223 Å². The fraction of sp³-hybridized carbons (Fsp3) is 0.537. The highest BCUT2D eigenvalue weighted by Crippen LogP contribution is 2.68. The Bertz CT molecular complexity index is 2060. The van der Waals surface area contributed by atoms with E-state index < -0.39 is 22.5 Å². The Kier molecular flexibility index (Phi) is 10.2. The molecule has 4 aliphatic rings. The number of carbonyl (C=O) groups is 3. The molecule has 3 aromatic rings. The Balaban J connectivity index is 0.857. The number of ketones is 1. The largest absolute Gasteiger partial charge is 0.393 e. The maximum Gasteiger partial charge on any atom is 0.252 e. The summed E-state index contributed by atoms with van der Waals surface area (Å²) in [5.74, 6) is -0.409. The van der Waals surface area contributed by atoms with Gasteiger partial charge in [0.2, 0.25) is 5.95 Å². The highest BCUT2D eigenvalue weighted by Gasteiger charge is 2.70. The van der Waals surface area contributed by atoms with Crippen LogP contribution in [0.25, 0.3) is 11.2 Å². The van der Waals surface area contributed by atoms with Crippen LogP contribution in [0.5, 0.6) is 0 Å². The zero-order valence-corrected chi connectivity index (χ0v) is 32.1. The number of aliphatic hydroxyl groups is 2. The number of fused-ring (bicyclic) bond motifs is 6. The summed E-state index contributed by atoms with van der Waals surface area (Å²) in [6.07, 6.45) is 11.2. The molecule has 0 bridgehead atoms. The third-order valence-corrected chi connectivity index (χ3v) is 13.3. The summed E-state index contributed by atoms with van der Waals surface area (Å²) < 4.78 is 0. The molecule has 0 saturated heterocycles. The van der Waals surface area contributed by atoms with Crippen LogP contribution in [0.1, 0.15) is 81.8 Å². The number of aliphatic hydroxyl groups excluding tert-OH is 1. The summed E-state index contributed by atoms with van der Waals surface area (Å²) in [7, 11) is 1.91. The van der Waals surface area contributed by atoms with Crippen LogP contribution in [0.2, 0.25) is 0 Å². The molecule has 0 spiro atoms. The maximum absolute atomic E-state index is 13.8. The second kappa shape index (κ2) is 14.6. The van der Waals surface area contributed by atoms with Crippen molar-refractivity contribution in [3.05, 3.63) is 65.5 Å². The number of nitrogens with two attached hydrogens (primary N) is 2. The summed E-state index contributed by atoms with van der Waals surface area (Å²) in [6.45, 7) is 7.43. The average molecular weight is 752 g/mol. The molecule has 0 radical (unpaired) electrons. The van der Waals surface area contributed by atoms with Crippen molar-refractivity contribution in [3.8, 4) is 0 Å². The number of allylic oxidation sites excluding steroid dienone is 4. The molecule has 4 aliphatic carbocycles. The molecule has 2 amide bonds. The lowest BCUT2D eigenvalue weighted by molar-refractivity contribution is -0.183. The molecule has 8 atom stereocenters. The van der Waals surface area contributed by atoms with Crippen LogP contribution in [0.3, 0.4) is 0 Å². The van der Waals surface area contributed by atoms with Crippen LogP contribution in [-0.4, -0.2) is 79.6 Å². The molecule has 2 aromatic heterocycles. The van der Waals surface area contributed by atoms with Gasteiger partial charge in [-0.25, -0.2) is 9.97 Å². The number of carbonyl (C=O) groups excluding carboxylic acids is 3. The van der Waals surface area contributed by atoms with Crippen molar-refractivity contribution in [1.29, 1.82) is 0 Å². The Labute approximate surface area is 321 Å². The number of hydrogen-bond donors (Lipinski definition) is 6. The van der Waals surface area contributed by atoms with Crippen LogP contribution in [0.15, 0.2) is 54.3 Å². The van der Waals surface area contributed by atoms with E-state index in [0.29, 0.717) is 61.3 Å². The fourth-order valence-electron chi connectivity index (χ4n) is 10.5. The maximum atomic E-state index is 13.8. The van der Waals surface area contributed by atoms with Crippen molar-refractivity contribution in [3.63, 3.8) is 0 Å². The number of nitrogen functional groups attached to an aromatic ring is 2. The van der Waals surface area contributed by atoms with Crippen molar-refractivity contribution in [2.24, 2.45) is 34.5 Å². The van der Waals surface area contributed by atoms with Crippen LogP contribution >= 0.6 is 0 Å². The first kappa shape index (κ1) is 38.3. The van der Waals surface area contributed by atoms with Gasteiger partial charge in [-0.1, -0.05) is 32.4 Å². The summed E-state index contributed by atoms with van der Waals surface area (Å²) in [5.41, 5.74) is 12.8. The summed E-state index contributed by atoms with van der Waals surface area (Å²) in [5, 5.41) is 29.9. The van der Waals surface area contributed by atoms with E-state index >= 15 is 0 Å². The molecular formula is C41H53N9O5. The molecule has 55 heavy (non-hydrogen) atoms. The predicted molar refractivity (Wildman–Crippen MR) is 209 cm³/mol. The molecule has 292 valence electrons. The van der Waals surface area contributed by atoms with Crippen molar-refractivity contribution in [1.82, 2.24) is 30.6 Å². The third kappa shape index (κ3) is 6.73. The Morgan fingerprint density at radius 2 is 1.76 bits per heavy atom. The second-order valence-corrected chi connectivity index (χ2v) is 16.6. The molecule has 0 aliphatic heterocycles. The molecule has 8 N–H and O–H groups in total. The van der Waals surface area contributed by atoms with E-state index in [-0.39, 0.29) is 53.0 Å². The number of rotatable bonds is 11. The minimum atomic E-state index is -1.60. The first-order valence-corrected chi connectivity index (χ1v) is 19.4. The summed E-state index contributed by atoms with van der Waals surface area (Å²) >= 11 is 0. The minimum absolute atomic E-state index is 0.000368. The molecule has 2 heterocycles. The lowest BCUT2D eigenvalue weighted by Crippen LogP contribution is -2.64. The average Bonchev–Trinajstić information content (AvgIpc) is 3.35. The number of aromatic nitrogens is 4. The van der Waals surface area contributed by atoms with Gasteiger partial charge < -0.3 is 37.2 Å². The van der Waals surface area contributed by atoms with E-state index in [4.69, 9.17) is 11.5 Å². The number of unbranched alkanes of at least 4 members (excludes halogenated alkanes) is 2. The number of nitrogens with one attached hydrogen (secondary N) is 2. The van der Waals surface area contributed by atoms with E-state index in [1.807, 2.05) is 44.0 Å². The van der Waals surface area contributed by atoms with Crippen molar-refractivity contribution < 1.29 is 24.6 Å². The minimum Gasteiger partial charge on any atom is -0.393 e. The molecule has 1 aromatic carbocycles. The van der Waals surface area contributed by atoms with Crippen molar-refractivity contribution in [2.75, 3.05) is 36.5 Å². The van der Waals surface area contributed by atoms with E-state index in [2.05, 4.69) is 37.5 Å². The first-order valence-electron chi connectivity index (χ1n) is 19.4. The van der Waals surface area contributed by atoms with Gasteiger partial charge in [0, 0.05) is 48.1 Å². The lowest BCUT2D eigenvalue weighted by atomic mass is 9.46. The first-order chi connectivity index (χ1) is 26.2. The van der Waals surface area contributed by atoms with E-state index in [0.717, 1.165) is 36.9 Å². The van der Waals surface area contributed by atoms with Gasteiger partial charge >= 0.3 is 0 Å². The summed E-state index contributed by atoms with van der Waals surface area (Å²) in [6, 6.07) is 7.30. The number of nitrogens with zero attached hydrogens (tertiary/aromatic N) is 5. The van der Waals surface area contributed by atoms with Crippen molar-refractivity contribution >= 4 is 46.2 Å². The van der Waals surface area contributed by atoms with Crippen molar-refractivity contribution in [2.45, 2.75) is 84.0 Å². The normalized spacial score (nSPS) is 30.9. The molecule has 14 nitrogen and oxygen atoms in total. The van der Waals surface area contributed by atoms with Gasteiger partial charge in [-0.15, -0.1) is 0 Å². The number of benzene rings is 1. The zero-order valence-electron chi connectivity index (χ0n) is 32.1. The van der Waals surface area contributed by atoms with Gasteiger partial charge in [0.1, 0.15) is 0 Å². The monoisotopic (exact) mass is 751 g/mol. The highest BCUT2D eigenvalue weighted by atomic mass is 16.3. The molecule has 3 fully saturated rings. The van der Waals surface area contributed by atoms with Crippen LogP contribution in [-0.2, 0) is 16.1 Å². The number of amides is 2. The lowest BCUT2D eigenvalue weighted by Gasteiger charge is -2.59. The molecule has 4 unspecified atom stereocenters. The molecule has 3 saturated carbocycles. The third-order valence-electron chi connectivity index (χ3n) is 13.3. The Morgan fingerprint density at radius 1 is 1.04 bits per heavy atom. The zero-order chi connectivity index (χ0) is 39.3. The second-order valence-electron chi connectivity index (χ2n) is 16.6. The highest BCUT2D eigenvalue weighted by molar-refractivity contribution is 6.01. The smallest absolute Gasteiger partial charge is 0.252 e. The van der Waals surface area contributed by atoms with Crippen LogP contribution in [0, 0.1) is 34.5 Å². The quantitative estimate of drug-likeness (QED) is 0.155. The Morgan fingerprint density at radius 3 is 2.51 bits per heavy atom. The SMILES string of the molecule is C[C@@H]1CC2C3CCC4=CC(=O)C=C[C@]4(C)C3C(O)C[C@]2(C)[C@@]1(O)C(=O)NCCCCCNC(=O)c1ccc(N(C)Cc2cnc3nc(N)nc(N)c3n2)cc1. The van der Waals surface area contributed by atoms with Gasteiger partial charge in [0.05, 0.1) is 24.5 Å². The predicted octanol–water partition coefficient (Wildman–Crippen LogP) is 3.49. The fourth-order valence-corrected chi connectivity index (χ4v) is 10.5. The number of hydrogen-bond acceptors (Lipinski definition) is 12. The molecule has 7 rings (SSSR count).